The lowest BCUT2D eigenvalue weighted by Crippen LogP contribution is -2.44. The van der Waals surface area contributed by atoms with Crippen molar-refractivity contribution in [2.75, 3.05) is 18.9 Å². The van der Waals surface area contributed by atoms with Crippen LogP contribution in [-0.4, -0.2) is 35.3 Å². The second kappa shape index (κ2) is 7.65. The monoisotopic (exact) mass is 367 g/mol. The first-order chi connectivity index (χ1) is 11.3. The lowest BCUT2D eigenvalue weighted by atomic mass is 9.74. The number of hydrogen-bond acceptors (Lipinski definition) is 4. The summed E-state index contributed by atoms with van der Waals surface area (Å²) >= 11 is 1.89. The molecular formula is C19H26ClNO2S. The third-order valence-corrected chi connectivity index (χ3v) is 7.51. The minimum atomic E-state index is -0.0679. The van der Waals surface area contributed by atoms with Gasteiger partial charge < -0.3 is 4.74 Å². The van der Waals surface area contributed by atoms with E-state index in [0.29, 0.717) is 18.4 Å². The Kier molecular flexibility index (Phi) is 5.76. The fraction of sp³-hybridized carbons (Fsp3) is 0.684. The predicted molar refractivity (Wildman–Crippen MR) is 102 cm³/mol. The van der Waals surface area contributed by atoms with Gasteiger partial charge in [0.15, 0.2) is 0 Å². The molecule has 0 aromatic rings. The molecule has 0 bridgehead atoms. The maximum absolute atomic E-state index is 12.7. The van der Waals surface area contributed by atoms with Crippen LogP contribution in [0, 0.1) is 17.8 Å². The van der Waals surface area contributed by atoms with Gasteiger partial charge in [0.05, 0.1) is 23.0 Å². The van der Waals surface area contributed by atoms with Crippen LogP contribution < -0.4 is 0 Å². The highest BCUT2D eigenvalue weighted by atomic mass is 35.5. The van der Waals surface area contributed by atoms with E-state index < -0.39 is 0 Å². The summed E-state index contributed by atoms with van der Waals surface area (Å²) in [5.74, 6) is 1.88. The van der Waals surface area contributed by atoms with Crippen molar-refractivity contribution in [1.29, 1.82) is 0 Å². The first kappa shape index (κ1) is 18.1. The van der Waals surface area contributed by atoms with Crippen molar-refractivity contribution in [3.63, 3.8) is 0 Å². The van der Waals surface area contributed by atoms with Crippen LogP contribution >= 0.6 is 24.2 Å². The van der Waals surface area contributed by atoms with E-state index in [1.165, 1.54) is 32.1 Å². The zero-order valence-electron chi connectivity index (χ0n) is 14.0. The van der Waals surface area contributed by atoms with E-state index in [-0.39, 0.29) is 29.0 Å². The lowest BCUT2D eigenvalue weighted by Gasteiger charge is -2.38. The van der Waals surface area contributed by atoms with E-state index >= 15 is 0 Å². The number of esters is 1. The summed E-state index contributed by atoms with van der Waals surface area (Å²) in [6, 6.07) is 0. The van der Waals surface area contributed by atoms with Gasteiger partial charge in [0.2, 0.25) is 0 Å². The smallest absolute Gasteiger partial charge is 0.310 e. The maximum Gasteiger partial charge on any atom is 0.310 e. The minimum absolute atomic E-state index is 0. The van der Waals surface area contributed by atoms with Gasteiger partial charge in [0.25, 0.3) is 0 Å². The van der Waals surface area contributed by atoms with Crippen molar-refractivity contribution in [3.8, 4) is 0 Å². The molecule has 0 aromatic carbocycles. The van der Waals surface area contributed by atoms with Crippen LogP contribution in [0.15, 0.2) is 29.3 Å². The first-order valence-corrected chi connectivity index (χ1v) is 9.99. The van der Waals surface area contributed by atoms with Crippen LogP contribution in [0.1, 0.15) is 38.5 Å². The van der Waals surface area contributed by atoms with E-state index in [2.05, 4.69) is 24.3 Å². The first-order valence-electron chi connectivity index (χ1n) is 9.01. The van der Waals surface area contributed by atoms with Crippen LogP contribution in [0.25, 0.3) is 0 Å². The predicted octanol–water partition coefficient (Wildman–Crippen LogP) is 4.22. The van der Waals surface area contributed by atoms with Crippen molar-refractivity contribution < 1.29 is 9.53 Å². The van der Waals surface area contributed by atoms with Gasteiger partial charge in [-0.15, -0.1) is 24.2 Å². The number of aliphatic imine (C=N–C) groups is 1. The SMILES string of the molecule is Cl.O=C(OCC1CCCCC1)C1CSC23C=CC=CC2=NCCC13. The molecule has 4 rings (SSSR count). The molecule has 3 unspecified atom stereocenters. The third-order valence-electron chi connectivity index (χ3n) is 5.86. The zero-order valence-corrected chi connectivity index (χ0v) is 15.6. The van der Waals surface area contributed by atoms with E-state index in [4.69, 9.17) is 9.73 Å². The molecule has 3 atom stereocenters. The molecule has 4 aliphatic rings. The van der Waals surface area contributed by atoms with Gasteiger partial charge in [-0.3, -0.25) is 9.79 Å². The van der Waals surface area contributed by atoms with Gasteiger partial charge >= 0.3 is 5.97 Å². The van der Waals surface area contributed by atoms with Gasteiger partial charge in [0, 0.05) is 12.3 Å². The molecule has 0 N–H and O–H groups in total. The maximum atomic E-state index is 12.7. The standard InChI is InChI=1S/C19H25NO2S.ClH/c21-18(22-12-14-6-2-1-3-7-14)15-13-23-19-10-5-4-8-17(19)20-11-9-16(15)19;/h4-5,8,10,14-16H,1-3,6-7,9,11-13H2;1H. The van der Waals surface area contributed by atoms with Gasteiger partial charge in [-0.25, -0.2) is 0 Å². The number of nitrogens with zero attached hydrogens (tertiary/aromatic N) is 1. The van der Waals surface area contributed by atoms with Crippen molar-refractivity contribution in [2.45, 2.75) is 43.3 Å². The molecule has 0 aromatic heterocycles. The Labute approximate surface area is 154 Å². The second-order valence-electron chi connectivity index (χ2n) is 7.23. The Hall–Kier alpha value is -0.740. The van der Waals surface area contributed by atoms with Crippen molar-refractivity contribution in [1.82, 2.24) is 0 Å². The van der Waals surface area contributed by atoms with Crippen LogP contribution in [0.4, 0.5) is 0 Å². The van der Waals surface area contributed by atoms with Crippen molar-refractivity contribution in [3.05, 3.63) is 24.3 Å². The summed E-state index contributed by atoms with van der Waals surface area (Å²) in [4.78, 5) is 17.4. The average Bonchev–Trinajstić information content (AvgIpc) is 2.98. The highest BCUT2D eigenvalue weighted by molar-refractivity contribution is 8.02. The molecule has 1 spiro atoms. The number of carbonyl (C=O) groups excluding carboxylic acids is 1. The van der Waals surface area contributed by atoms with Gasteiger partial charge in [-0.1, -0.05) is 37.5 Å². The summed E-state index contributed by atoms with van der Waals surface area (Å²) in [5.41, 5.74) is 1.16. The molecular weight excluding hydrogens is 342 g/mol. The average molecular weight is 368 g/mol. The van der Waals surface area contributed by atoms with Crippen molar-refractivity contribution >= 4 is 35.8 Å². The topological polar surface area (TPSA) is 38.7 Å². The summed E-state index contributed by atoms with van der Waals surface area (Å²) in [6.45, 7) is 1.48. The number of halogens is 1. The Morgan fingerprint density at radius 3 is 2.92 bits per heavy atom. The Morgan fingerprint density at radius 2 is 2.08 bits per heavy atom. The van der Waals surface area contributed by atoms with E-state index in [1.807, 2.05) is 11.8 Å². The summed E-state index contributed by atoms with van der Waals surface area (Å²) in [5, 5.41) is 0. The molecule has 1 saturated heterocycles. The van der Waals surface area contributed by atoms with Gasteiger partial charge in [0.1, 0.15) is 0 Å². The molecule has 2 fully saturated rings. The largest absolute Gasteiger partial charge is 0.465 e. The van der Waals surface area contributed by atoms with E-state index in [0.717, 1.165) is 24.4 Å². The minimum Gasteiger partial charge on any atom is -0.465 e. The Balaban J connectivity index is 0.00000169. The Morgan fingerprint density at radius 1 is 1.25 bits per heavy atom. The fourth-order valence-corrected chi connectivity index (χ4v) is 6.33. The van der Waals surface area contributed by atoms with Gasteiger partial charge in [-0.2, -0.15) is 0 Å². The van der Waals surface area contributed by atoms with Crippen LogP contribution in [0.5, 0.6) is 0 Å². The quantitative estimate of drug-likeness (QED) is 0.701. The molecule has 3 nitrogen and oxygen atoms in total. The highest BCUT2D eigenvalue weighted by Gasteiger charge is 2.54. The lowest BCUT2D eigenvalue weighted by molar-refractivity contribution is -0.151. The number of hydrogen-bond donors (Lipinski definition) is 0. The number of ether oxygens (including phenoxy) is 1. The fourth-order valence-electron chi connectivity index (χ4n) is 4.56. The molecule has 0 radical (unpaired) electrons. The molecule has 132 valence electrons. The second-order valence-corrected chi connectivity index (χ2v) is 8.52. The molecule has 2 aliphatic carbocycles. The van der Waals surface area contributed by atoms with Crippen LogP contribution in [-0.2, 0) is 9.53 Å². The van der Waals surface area contributed by atoms with E-state index in [1.54, 1.807) is 0 Å². The van der Waals surface area contributed by atoms with E-state index in [9.17, 15) is 4.79 Å². The van der Waals surface area contributed by atoms with Crippen LogP contribution in [0.2, 0.25) is 0 Å². The van der Waals surface area contributed by atoms with Crippen molar-refractivity contribution in [2.24, 2.45) is 22.7 Å². The summed E-state index contributed by atoms with van der Waals surface area (Å²) in [6.07, 6.45) is 15.9. The molecule has 5 heteroatoms. The van der Waals surface area contributed by atoms with Crippen LogP contribution in [0.3, 0.4) is 0 Å². The normalized spacial score (nSPS) is 34.8. The number of rotatable bonds is 3. The summed E-state index contributed by atoms with van der Waals surface area (Å²) < 4.78 is 5.69. The molecule has 2 heterocycles. The zero-order chi connectivity index (χ0) is 15.7. The molecule has 0 amide bonds. The number of carbonyl (C=O) groups is 1. The number of thioether (sulfide) groups is 1. The highest BCUT2D eigenvalue weighted by Crippen LogP contribution is 2.53. The van der Waals surface area contributed by atoms with Gasteiger partial charge in [-0.05, 0) is 37.2 Å². The molecule has 1 saturated carbocycles. The summed E-state index contributed by atoms with van der Waals surface area (Å²) in [7, 11) is 0. The Bertz CT molecular complexity index is 568. The number of allylic oxidation sites excluding steroid dienone is 3. The molecule has 24 heavy (non-hydrogen) atoms. The third kappa shape index (κ3) is 3.20. The molecule has 2 aliphatic heterocycles.